The molecule has 2 heterocycles. The maximum Gasteiger partial charge on any atom is 0.191 e. The van der Waals surface area contributed by atoms with Gasteiger partial charge in [-0.25, -0.2) is 0 Å². The summed E-state index contributed by atoms with van der Waals surface area (Å²) in [5.41, 5.74) is 1.21. The molecule has 1 unspecified atom stereocenters. The average Bonchev–Trinajstić information content (AvgIpc) is 2.96. The van der Waals surface area contributed by atoms with E-state index in [-0.39, 0.29) is 6.10 Å². The van der Waals surface area contributed by atoms with Crippen molar-refractivity contribution in [2.75, 3.05) is 20.2 Å². The maximum absolute atomic E-state index is 5.91. The smallest absolute Gasteiger partial charge is 0.191 e. The van der Waals surface area contributed by atoms with E-state index in [4.69, 9.17) is 4.74 Å². The van der Waals surface area contributed by atoms with Crippen LogP contribution in [-0.2, 0) is 24.2 Å². The van der Waals surface area contributed by atoms with E-state index in [0.29, 0.717) is 13.2 Å². The summed E-state index contributed by atoms with van der Waals surface area (Å²) >= 11 is 0. The van der Waals surface area contributed by atoms with Crippen LogP contribution in [0.2, 0.25) is 0 Å². The molecule has 0 aliphatic carbocycles. The Bertz CT molecular complexity index is 743. The summed E-state index contributed by atoms with van der Waals surface area (Å²) < 4.78 is 8.17. The van der Waals surface area contributed by atoms with E-state index in [0.717, 1.165) is 43.5 Å². The molecule has 3 rings (SSSR count). The average molecular weight is 385 g/mol. The molecular formula is C21H32N6O. The van der Waals surface area contributed by atoms with Gasteiger partial charge in [-0.3, -0.25) is 4.99 Å². The minimum absolute atomic E-state index is 0.113. The quantitative estimate of drug-likeness (QED) is 0.416. The molecule has 1 aliphatic rings. The van der Waals surface area contributed by atoms with Gasteiger partial charge in [0, 0.05) is 33.2 Å². The molecule has 0 fully saturated rings. The first-order chi connectivity index (χ1) is 13.8. The van der Waals surface area contributed by atoms with Crippen molar-refractivity contribution in [1.29, 1.82) is 0 Å². The SMILES string of the molecule is CN=C(NCCCOC(C)c1ccccc1)NCc1nnc2n1CCCCC2. The van der Waals surface area contributed by atoms with E-state index in [1.54, 1.807) is 7.05 Å². The highest BCUT2D eigenvalue weighted by atomic mass is 16.5. The number of guanidine groups is 1. The number of nitrogens with one attached hydrogen (secondary N) is 2. The molecule has 2 aromatic rings. The highest BCUT2D eigenvalue weighted by molar-refractivity contribution is 5.79. The molecule has 1 atom stereocenters. The first-order valence-corrected chi connectivity index (χ1v) is 10.3. The number of nitrogens with zero attached hydrogens (tertiary/aromatic N) is 4. The van der Waals surface area contributed by atoms with Crippen LogP contribution >= 0.6 is 0 Å². The van der Waals surface area contributed by atoms with Crippen molar-refractivity contribution >= 4 is 5.96 Å². The molecular weight excluding hydrogens is 352 g/mol. The van der Waals surface area contributed by atoms with Crippen LogP contribution in [0.4, 0.5) is 0 Å². The summed E-state index contributed by atoms with van der Waals surface area (Å²) in [6.07, 6.45) is 5.73. The lowest BCUT2D eigenvalue weighted by Gasteiger charge is -2.15. The molecule has 152 valence electrons. The zero-order valence-electron chi connectivity index (χ0n) is 17.0. The summed E-state index contributed by atoms with van der Waals surface area (Å²) in [7, 11) is 1.79. The first-order valence-electron chi connectivity index (χ1n) is 10.3. The first kappa shape index (κ1) is 20.3. The van der Waals surface area contributed by atoms with Gasteiger partial charge >= 0.3 is 0 Å². The van der Waals surface area contributed by atoms with Gasteiger partial charge < -0.3 is 19.9 Å². The van der Waals surface area contributed by atoms with E-state index in [1.165, 1.54) is 24.8 Å². The van der Waals surface area contributed by atoms with Gasteiger partial charge in [-0.2, -0.15) is 0 Å². The van der Waals surface area contributed by atoms with Crippen LogP contribution < -0.4 is 10.6 Å². The zero-order chi connectivity index (χ0) is 19.6. The van der Waals surface area contributed by atoms with Crippen molar-refractivity contribution in [3.63, 3.8) is 0 Å². The van der Waals surface area contributed by atoms with Crippen LogP contribution in [0.5, 0.6) is 0 Å². The molecule has 0 amide bonds. The maximum atomic E-state index is 5.91. The summed E-state index contributed by atoms with van der Waals surface area (Å²) in [6, 6.07) is 10.3. The molecule has 0 spiro atoms. The second-order valence-electron chi connectivity index (χ2n) is 7.12. The lowest BCUT2D eigenvalue weighted by molar-refractivity contribution is 0.0646. The topological polar surface area (TPSA) is 76.4 Å². The van der Waals surface area contributed by atoms with E-state index in [9.17, 15) is 0 Å². The van der Waals surface area contributed by atoms with E-state index < -0.39 is 0 Å². The molecule has 0 radical (unpaired) electrons. The van der Waals surface area contributed by atoms with Crippen LogP contribution in [0, 0.1) is 0 Å². The summed E-state index contributed by atoms with van der Waals surface area (Å²) in [5.74, 6) is 2.88. The van der Waals surface area contributed by atoms with Gasteiger partial charge in [0.05, 0.1) is 12.6 Å². The van der Waals surface area contributed by atoms with Crippen molar-refractivity contribution in [2.45, 2.75) is 58.2 Å². The second-order valence-corrected chi connectivity index (χ2v) is 7.12. The van der Waals surface area contributed by atoms with Crippen molar-refractivity contribution < 1.29 is 4.74 Å². The largest absolute Gasteiger partial charge is 0.374 e. The van der Waals surface area contributed by atoms with Gasteiger partial charge in [0.2, 0.25) is 0 Å². The predicted octanol–water partition coefficient (Wildman–Crippen LogP) is 2.84. The fourth-order valence-electron chi connectivity index (χ4n) is 3.42. The third kappa shape index (κ3) is 5.79. The number of fused-ring (bicyclic) bond motifs is 1. The van der Waals surface area contributed by atoms with Gasteiger partial charge in [0.25, 0.3) is 0 Å². The summed E-state index contributed by atoms with van der Waals surface area (Å²) in [5, 5.41) is 15.4. The number of rotatable bonds is 8. The monoisotopic (exact) mass is 384 g/mol. The molecule has 1 aromatic carbocycles. The van der Waals surface area contributed by atoms with Gasteiger partial charge in [-0.1, -0.05) is 36.8 Å². The Kier molecular flexibility index (Phi) is 7.84. The molecule has 1 aliphatic heterocycles. The minimum atomic E-state index is 0.113. The van der Waals surface area contributed by atoms with E-state index >= 15 is 0 Å². The Balaban J connectivity index is 1.36. The molecule has 0 bridgehead atoms. The lowest BCUT2D eigenvalue weighted by atomic mass is 10.1. The molecule has 28 heavy (non-hydrogen) atoms. The summed E-state index contributed by atoms with van der Waals surface area (Å²) in [4.78, 5) is 4.29. The predicted molar refractivity (Wildman–Crippen MR) is 111 cm³/mol. The standard InChI is InChI=1S/C21H32N6O/c1-17(18-10-5-3-6-11-18)28-15-9-13-23-21(22-2)24-16-20-26-25-19-12-7-4-8-14-27(19)20/h3,5-6,10-11,17H,4,7-9,12-16H2,1-2H3,(H2,22,23,24). The highest BCUT2D eigenvalue weighted by Crippen LogP contribution is 2.16. The highest BCUT2D eigenvalue weighted by Gasteiger charge is 2.14. The van der Waals surface area contributed by atoms with Gasteiger partial charge in [0.15, 0.2) is 11.8 Å². The zero-order valence-corrected chi connectivity index (χ0v) is 17.0. The fourth-order valence-corrected chi connectivity index (χ4v) is 3.42. The molecule has 7 nitrogen and oxygen atoms in total. The lowest BCUT2D eigenvalue weighted by Crippen LogP contribution is -2.38. The van der Waals surface area contributed by atoms with Gasteiger partial charge in [-0.15, -0.1) is 10.2 Å². The molecule has 7 heteroatoms. The van der Waals surface area contributed by atoms with Crippen LogP contribution in [0.3, 0.4) is 0 Å². The second kappa shape index (κ2) is 10.8. The van der Waals surface area contributed by atoms with Gasteiger partial charge in [-0.05, 0) is 31.7 Å². The number of hydrogen-bond donors (Lipinski definition) is 2. The van der Waals surface area contributed by atoms with Crippen LogP contribution in [0.15, 0.2) is 35.3 Å². The van der Waals surface area contributed by atoms with Crippen LogP contribution in [0.25, 0.3) is 0 Å². The fraction of sp³-hybridized carbons (Fsp3) is 0.571. The molecule has 1 aromatic heterocycles. The van der Waals surface area contributed by atoms with E-state index in [1.807, 2.05) is 18.2 Å². The van der Waals surface area contributed by atoms with Crippen LogP contribution in [0.1, 0.15) is 55.9 Å². The molecule has 2 N–H and O–H groups in total. The normalized spacial score (nSPS) is 15.6. The van der Waals surface area contributed by atoms with Crippen molar-refractivity contribution in [2.24, 2.45) is 4.99 Å². The Hall–Kier alpha value is -2.41. The number of benzene rings is 1. The Morgan fingerprint density at radius 2 is 2.04 bits per heavy atom. The van der Waals surface area contributed by atoms with Crippen molar-refractivity contribution in [3.8, 4) is 0 Å². The number of aromatic nitrogens is 3. The van der Waals surface area contributed by atoms with Crippen molar-refractivity contribution in [1.82, 2.24) is 25.4 Å². The molecule has 0 saturated heterocycles. The number of ether oxygens (including phenoxy) is 1. The Labute approximate surface area is 167 Å². The third-order valence-electron chi connectivity index (χ3n) is 5.07. The Morgan fingerprint density at radius 3 is 2.86 bits per heavy atom. The number of aliphatic imine (C=N–C) groups is 1. The number of hydrogen-bond acceptors (Lipinski definition) is 4. The van der Waals surface area contributed by atoms with Gasteiger partial charge in [0.1, 0.15) is 5.82 Å². The number of aryl methyl sites for hydroxylation is 1. The third-order valence-corrected chi connectivity index (χ3v) is 5.07. The van der Waals surface area contributed by atoms with Crippen molar-refractivity contribution in [3.05, 3.63) is 47.5 Å². The minimum Gasteiger partial charge on any atom is -0.374 e. The summed E-state index contributed by atoms with van der Waals surface area (Å²) in [6.45, 7) is 5.25. The molecule has 0 saturated carbocycles. The van der Waals surface area contributed by atoms with E-state index in [2.05, 4.69) is 49.4 Å². The Morgan fingerprint density at radius 1 is 1.18 bits per heavy atom. The van der Waals surface area contributed by atoms with Crippen LogP contribution in [-0.4, -0.2) is 40.9 Å².